The molecule has 1 aromatic rings. The number of sulfonamides is 1. The number of hydrogen-bond acceptors (Lipinski definition) is 4. The monoisotopic (exact) mass is 330 g/mol. The van der Waals surface area contributed by atoms with E-state index in [4.69, 9.17) is 4.74 Å². The van der Waals surface area contributed by atoms with Gasteiger partial charge in [-0.25, -0.2) is 12.8 Å². The van der Waals surface area contributed by atoms with E-state index >= 15 is 0 Å². The molecular formula is C15H23FN2O3S. The smallest absolute Gasteiger partial charge is 0.235 e. The van der Waals surface area contributed by atoms with Crippen molar-refractivity contribution in [2.45, 2.75) is 39.0 Å². The Morgan fingerprint density at radius 1 is 1.41 bits per heavy atom. The maximum Gasteiger partial charge on any atom is 0.235 e. The quantitative estimate of drug-likeness (QED) is 0.865. The highest BCUT2D eigenvalue weighted by atomic mass is 32.2. The summed E-state index contributed by atoms with van der Waals surface area (Å²) in [4.78, 5) is 0. The molecule has 0 bridgehead atoms. The first-order chi connectivity index (χ1) is 10.3. The molecule has 0 aromatic heterocycles. The van der Waals surface area contributed by atoms with Crippen LogP contribution in [0.4, 0.5) is 10.1 Å². The van der Waals surface area contributed by atoms with Crippen LogP contribution < -0.4 is 9.62 Å². The molecule has 7 heteroatoms. The fourth-order valence-corrected chi connectivity index (χ4v) is 3.99. The average molecular weight is 330 g/mol. The second-order valence-corrected chi connectivity index (χ2v) is 7.65. The van der Waals surface area contributed by atoms with Crippen LogP contribution in [0.25, 0.3) is 0 Å². The van der Waals surface area contributed by atoms with Crippen LogP contribution in [-0.2, 0) is 21.3 Å². The fourth-order valence-electron chi connectivity index (χ4n) is 2.42. The van der Waals surface area contributed by atoms with Gasteiger partial charge in [-0.3, -0.25) is 4.31 Å². The number of benzene rings is 1. The third kappa shape index (κ3) is 3.77. The minimum absolute atomic E-state index is 0.0545. The van der Waals surface area contributed by atoms with Crippen LogP contribution in [0.3, 0.4) is 0 Å². The lowest BCUT2D eigenvalue weighted by atomic mass is 10.1. The first-order valence-corrected chi connectivity index (χ1v) is 9.01. The maximum atomic E-state index is 14.2. The number of nitrogens with zero attached hydrogens (tertiary/aromatic N) is 1. The number of ether oxygens (including phenoxy) is 1. The Kier molecular flexibility index (Phi) is 5.41. The SMILES string of the molecule is COC(C)C(C)NCc1ccc(N2CCCS2(=O)=O)c(F)c1. The van der Waals surface area contributed by atoms with Gasteiger partial charge in [0.2, 0.25) is 10.0 Å². The molecule has 1 fully saturated rings. The van der Waals surface area contributed by atoms with E-state index in [-0.39, 0.29) is 23.6 Å². The van der Waals surface area contributed by atoms with Crippen molar-refractivity contribution >= 4 is 15.7 Å². The van der Waals surface area contributed by atoms with Crippen LogP contribution in [-0.4, -0.2) is 40.0 Å². The summed E-state index contributed by atoms with van der Waals surface area (Å²) in [7, 11) is -1.71. The fraction of sp³-hybridized carbons (Fsp3) is 0.600. The Labute approximate surface area is 131 Å². The van der Waals surface area contributed by atoms with Crippen LogP contribution in [0, 0.1) is 5.82 Å². The zero-order valence-electron chi connectivity index (χ0n) is 13.2. The van der Waals surface area contributed by atoms with E-state index in [0.717, 1.165) is 9.87 Å². The highest BCUT2D eigenvalue weighted by molar-refractivity contribution is 7.93. The first-order valence-electron chi connectivity index (χ1n) is 7.40. The Bertz CT molecular complexity index is 621. The van der Waals surface area contributed by atoms with Crippen LogP contribution in [0.2, 0.25) is 0 Å². The molecule has 1 aliphatic heterocycles. The van der Waals surface area contributed by atoms with Gasteiger partial charge in [0.05, 0.1) is 17.5 Å². The molecule has 2 unspecified atom stereocenters. The normalized spacial score (nSPS) is 20.1. The summed E-state index contributed by atoms with van der Waals surface area (Å²) in [5, 5.41) is 3.26. The van der Waals surface area contributed by atoms with Crippen molar-refractivity contribution in [2.24, 2.45) is 0 Å². The minimum atomic E-state index is -3.35. The van der Waals surface area contributed by atoms with Crippen molar-refractivity contribution in [2.75, 3.05) is 23.7 Å². The Morgan fingerprint density at radius 3 is 2.68 bits per heavy atom. The summed E-state index contributed by atoms with van der Waals surface area (Å²) in [6.07, 6.45) is 0.594. The van der Waals surface area contributed by atoms with Gasteiger partial charge in [0.25, 0.3) is 0 Å². The molecule has 1 N–H and O–H groups in total. The summed E-state index contributed by atoms with van der Waals surface area (Å²) in [5.74, 6) is -0.417. The molecule has 124 valence electrons. The van der Waals surface area contributed by atoms with Crippen LogP contribution in [0.5, 0.6) is 0 Å². The standard InChI is InChI=1S/C15H23FN2O3S/c1-11(12(2)21-3)17-10-13-5-6-15(14(16)9-13)18-7-4-8-22(18,19)20/h5-6,9,11-12,17H,4,7-8,10H2,1-3H3. The van der Waals surface area contributed by atoms with Gasteiger partial charge in [0.15, 0.2) is 0 Å². The molecule has 22 heavy (non-hydrogen) atoms. The number of halogens is 1. The predicted octanol–water partition coefficient (Wildman–Crippen LogP) is 1.88. The molecule has 0 aliphatic carbocycles. The van der Waals surface area contributed by atoms with Gasteiger partial charge in [-0.15, -0.1) is 0 Å². The van der Waals surface area contributed by atoms with Gasteiger partial charge in [0.1, 0.15) is 5.82 Å². The van der Waals surface area contributed by atoms with Crippen LogP contribution in [0.15, 0.2) is 18.2 Å². The highest BCUT2D eigenvalue weighted by Crippen LogP contribution is 2.27. The molecule has 1 aliphatic rings. The second-order valence-electron chi connectivity index (χ2n) is 5.64. The van der Waals surface area contributed by atoms with E-state index in [0.29, 0.717) is 19.5 Å². The molecule has 0 amide bonds. The molecule has 0 saturated carbocycles. The topological polar surface area (TPSA) is 58.6 Å². The van der Waals surface area contributed by atoms with E-state index in [1.807, 2.05) is 13.8 Å². The van der Waals surface area contributed by atoms with E-state index in [2.05, 4.69) is 5.32 Å². The van der Waals surface area contributed by atoms with E-state index in [1.54, 1.807) is 19.2 Å². The Hall–Kier alpha value is -1.18. The molecular weight excluding hydrogens is 307 g/mol. The molecule has 0 spiro atoms. The number of rotatable bonds is 6. The third-order valence-corrected chi connectivity index (χ3v) is 5.94. The Morgan fingerprint density at radius 2 is 2.14 bits per heavy atom. The summed E-state index contributed by atoms with van der Waals surface area (Å²) < 4.78 is 44.3. The summed E-state index contributed by atoms with van der Waals surface area (Å²) in [6, 6.07) is 4.82. The molecule has 2 rings (SSSR count). The Balaban J connectivity index is 2.07. The number of anilines is 1. The molecule has 5 nitrogen and oxygen atoms in total. The van der Waals surface area contributed by atoms with Crippen LogP contribution in [0.1, 0.15) is 25.8 Å². The molecule has 1 aromatic carbocycles. The average Bonchev–Trinajstić information content (AvgIpc) is 2.83. The zero-order valence-corrected chi connectivity index (χ0v) is 14.0. The lowest BCUT2D eigenvalue weighted by molar-refractivity contribution is 0.0882. The second kappa shape index (κ2) is 6.93. The summed E-state index contributed by atoms with van der Waals surface area (Å²) in [6.45, 7) is 4.80. The van der Waals surface area contributed by atoms with Gasteiger partial charge in [0, 0.05) is 26.2 Å². The molecule has 1 heterocycles. The van der Waals surface area contributed by atoms with Crippen LogP contribution >= 0.6 is 0 Å². The van der Waals surface area contributed by atoms with Gasteiger partial charge in [-0.1, -0.05) is 6.07 Å². The highest BCUT2D eigenvalue weighted by Gasteiger charge is 2.30. The predicted molar refractivity (Wildman–Crippen MR) is 84.9 cm³/mol. The molecule has 1 saturated heterocycles. The summed E-state index contributed by atoms with van der Waals surface area (Å²) in [5.41, 5.74) is 0.910. The van der Waals surface area contributed by atoms with E-state index in [9.17, 15) is 12.8 Å². The van der Waals surface area contributed by atoms with E-state index < -0.39 is 15.8 Å². The van der Waals surface area contributed by atoms with Gasteiger partial charge >= 0.3 is 0 Å². The number of hydrogen-bond donors (Lipinski definition) is 1. The minimum Gasteiger partial charge on any atom is -0.380 e. The third-order valence-electron chi connectivity index (χ3n) is 4.08. The summed E-state index contributed by atoms with van der Waals surface area (Å²) >= 11 is 0. The van der Waals surface area contributed by atoms with Crippen molar-refractivity contribution in [1.82, 2.24) is 5.32 Å². The van der Waals surface area contributed by atoms with Gasteiger partial charge < -0.3 is 10.1 Å². The first kappa shape index (κ1) is 17.2. The van der Waals surface area contributed by atoms with Gasteiger partial charge in [-0.2, -0.15) is 0 Å². The van der Waals surface area contributed by atoms with Crippen molar-refractivity contribution in [3.63, 3.8) is 0 Å². The van der Waals surface area contributed by atoms with Crippen molar-refractivity contribution in [3.8, 4) is 0 Å². The van der Waals surface area contributed by atoms with Gasteiger partial charge in [-0.05, 0) is 38.0 Å². The molecule has 0 radical (unpaired) electrons. The largest absolute Gasteiger partial charge is 0.380 e. The van der Waals surface area contributed by atoms with Crippen molar-refractivity contribution in [3.05, 3.63) is 29.6 Å². The maximum absolute atomic E-state index is 14.2. The molecule has 2 atom stereocenters. The zero-order chi connectivity index (χ0) is 16.3. The van der Waals surface area contributed by atoms with Crippen molar-refractivity contribution < 1.29 is 17.5 Å². The lowest BCUT2D eigenvalue weighted by Gasteiger charge is -2.21. The number of methoxy groups -OCH3 is 1. The number of nitrogens with one attached hydrogen (secondary N) is 1. The lowest BCUT2D eigenvalue weighted by Crippen LogP contribution is -2.36. The van der Waals surface area contributed by atoms with Crippen molar-refractivity contribution in [1.29, 1.82) is 0 Å². The van der Waals surface area contributed by atoms with E-state index in [1.165, 1.54) is 6.07 Å².